The van der Waals surface area contributed by atoms with E-state index in [4.69, 9.17) is 20.5 Å². The van der Waals surface area contributed by atoms with E-state index < -0.39 is 40.9 Å². The van der Waals surface area contributed by atoms with Crippen molar-refractivity contribution in [2.75, 3.05) is 0 Å². The van der Waals surface area contributed by atoms with Crippen LogP contribution in [-0.2, 0) is 24.2 Å². The van der Waals surface area contributed by atoms with Crippen LogP contribution in [0.2, 0.25) is 0 Å². The van der Waals surface area contributed by atoms with Gasteiger partial charge in [0.2, 0.25) is 0 Å². The Balaban J connectivity index is 4.73. The second-order valence-electron chi connectivity index (χ2n) is 2.52. The largest absolute Gasteiger partial charge is 0.481 e. The van der Waals surface area contributed by atoms with Crippen LogP contribution in [0.25, 0.3) is 0 Å². The maximum Gasteiger partial charge on any atom is 0.397 e. The van der Waals surface area contributed by atoms with Crippen LogP contribution in [0.15, 0.2) is 0 Å². The van der Waals surface area contributed by atoms with E-state index in [0.717, 1.165) is 0 Å². The van der Waals surface area contributed by atoms with Gasteiger partial charge in [0.1, 0.15) is 12.1 Å². The summed E-state index contributed by atoms with van der Waals surface area (Å²) in [7, 11) is -4.95. The van der Waals surface area contributed by atoms with Crippen molar-refractivity contribution in [2.45, 2.75) is 18.6 Å². The maximum atomic E-state index is 10.3. The van der Waals surface area contributed by atoms with Gasteiger partial charge in [-0.3, -0.25) is 14.1 Å². The van der Waals surface area contributed by atoms with Gasteiger partial charge in [0.25, 0.3) is 0 Å². The quantitative estimate of drug-likeness (QED) is 0.388. The third-order valence-corrected chi connectivity index (χ3v) is 1.80. The van der Waals surface area contributed by atoms with Gasteiger partial charge < -0.3 is 15.9 Å². The average Bonchev–Trinajstić information content (AvgIpc) is 1.97. The molecule has 0 amide bonds. The second kappa shape index (κ2) is 5.02. The molecule has 0 aromatic heterocycles. The van der Waals surface area contributed by atoms with Crippen molar-refractivity contribution in [3.63, 3.8) is 0 Å². The van der Waals surface area contributed by atoms with Crippen LogP contribution in [-0.4, -0.2) is 47.3 Å². The molecule has 0 unspecified atom stereocenters. The van der Waals surface area contributed by atoms with Gasteiger partial charge in [-0.1, -0.05) is 0 Å². The monoisotopic (exact) mass is 243 g/mol. The first-order chi connectivity index (χ1) is 6.63. The van der Waals surface area contributed by atoms with E-state index in [1.165, 1.54) is 0 Å². The van der Waals surface area contributed by atoms with E-state index in [-0.39, 0.29) is 0 Å². The summed E-state index contributed by atoms with van der Waals surface area (Å²) < 4.78 is 32.5. The van der Waals surface area contributed by atoms with E-state index in [2.05, 4.69) is 4.18 Å². The Hall–Kier alpha value is -1.23. The lowest BCUT2D eigenvalue weighted by Crippen LogP contribution is -2.45. The lowest BCUT2D eigenvalue weighted by atomic mass is 10.1. The van der Waals surface area contributed by atoms with E-state index in [0.29, 0.717) is 0 Å². The Morgan fingerprint density at radius 2 is 1.80 bits per heavy atom. The number of nitrogens with two attached hydrogens (primary N) is 1. The molecule has 0 bridgehead atoms. The standard InChI is InChI=1S/C5H9NO8S/c6-4(5(9)10)2(1-3(7)8)14-15(11,12)13/h2,4H,1,6H2,(H,7,8)(H,9,10)(H,11,12,13)/t2-,4+/m0/s1. The zero-order valence-corrected chi connectivity index (χ0v) is 8.05. The first-order valence-corrected chi connectivity index (χ1v) is 4.86. The number of hydrogen-bond acceptors (Lipinski definition) is 6. The summed E-state index contributed by atoms with van der Waals surface area (Å²) in [6.45, 7) is 0. The molecule has 0 aromatic rings. The van der Waals surface area contributed by atoms with Gasteiger partial charge in [-0.25, -0.2) is 4.18 Å². The van der Waals surface area contributed by atoms with Crippen molar-refractivity contribution in [1.29, 1.82) is 0 Å². The van der Waals surface area contributed by atoms with Crippen molar-refractivity contribution in [3.05, 3.63) is 0 Å². The smallest absolute Gasteiger partial charge is 0.397 e. The van der Waals surface area contributed by atoms with Gasteiger partial charge in [-0.2, -0.15) is 8.42 Å². The van der Waals surface area contributed by atoms with Crippen molar-refractivity contribution >= 4 is 22.3 Å². The molecule has 2 atom stereocenters. The minimum Gasteiger partial charge on any atom is -0.481 e. The van der Waals surface area contributed by atoms with Gasteiger partial charge in [0.05, 0.1) is 6.42 Å². The summed E-state index contributed by atoms with van der Waals surface area (Å²) in [4.78, 5) is 20.6. The lowest BCUT2D eigenvalue weighted by Gasteiger charge is -2.16. The molecule has 0 aromatic carbocycles. The molecule has 15 heavy (non-hydrogen) atoms. The maximum absolute atomic E-state index is 10.3. The van der Waals surface area contributed by atoms with E-state index in [1.54, 1.807) is 0 Å². The molecule has 10 heteroatoms. The molecule has 0 fully saturated rings. The molecule has 0 saturated carbocycles. The van der Waals surface area contributed by atoms with Crippen LogP contribution in [0.1, 0.15) is 6.42 Å². The Labute approximate surface area is 84.4 Å². The first kappa shape index (κ1) is 13.8. The average molecular weight is 243 g/mol. The molecular formula is C5H9NO8S. The number of carboxylic acids is 2. The first-order valence-electron chi connectivity index (χ1n) is 3.49. The number of rotatable bonds is 6. The zero-order chi connectivity index (χ0) is 12.2. The highest BCUT2D eigenvalue weighted by Gasteiger charge is 2.31. The molecular weight excluding hydrogens is 234 g/mol. The van der Waals surface area contributed by atoms with Crippen molar-refractivity contribution in [1.82, 2.24) is 0 Å². The van der Waals surface area contributed by atoms with E-state index >= 15 is 0 Å². The van der Waals surface area contributed by atoms with Crippen molar-refractivity contribution in [2.24, 2.45) is 5.73 Å². The third-order valence-electron chi connectivity index (χ3n) is 1.31. The topological polar surface area (TPSA) is 164 Å². The fourth-order valence-corrected chi connectivity index (χ4v) is 1.21. The number of hydrogen-bond donors (Lipinski definition) is 4. The van der Waals surface area contributed by atoms with Crippen LogP contribution in [0, 0.1) is 0 Å². The van der Waals surface area contributed by atoms with Gasteiger partial charge in [0, 0.05) is 0 Å². The summed E-state index contributed by atoms with van der Waals surface area (Å²) in [6, 6.07) is -1.87. The molecule has 0 aliphatic heterocycles. The summed E-state index contributed by atoms with van der Waals surface area (Å²) in [5.41, 5.74) is 4.95. The Bertz CT molecular complexity index is 348. The van der Waals surface area contributed by atoms with Crippen LogP contribution >= 0.6 is 0 Å². The fraction of sp³-hybridized carbons (Fsp3) is 0.600. The minimum absolute atomic E-state index is 0.965. The van der Waals surface area contributed by atoms with Crippen LogP contribution in [0.4, 0.5) is 0 Å². The van der Waals surface area contributed by atoms with Crippen LogP contribution in [0.3, 0.4) is 0 Å². The van der Waals surface area contributed by atoms with Gasteiger partial charge in [0.15, 0.2) is 0 Å². The Morgan fingerprint density at radius 1 is 1.33 bits per heavy atom. The molecule has 0 aliphatic carbocycles. The number of carboxylic acid groups (broad SMARTS) is 2. The Kier molecular flexibility index (Phi) is 4.61. The molecule has 0 aliphatic rings. The Morgan fingerprint density at radius 3 is 2.07 bits per heavy atom. The van der Waals surface area contributed by atoms with Gasteiger partial charge >= 0.3 is 22.3 Å². The van der Waals surface area contributed by atoms with E-state index in [1.807, 2.05) is 0 Å². The SMILES string of the molecule is N[C@@H](C(=O)O)[C@H](CC(=O)O)OS(=O)(=O)O. The minimum atomic E-state index is -4.95. The van der Waals surface area contributed by atoms with Crippen molar-refractivity contribution in [3.8, 4) is 0 Å². The molecule has 0 heterocycles. The highest BCUT2D eigenvalue weighted by atomic mass is 32.3. The van der Waals surface area contributed by atoms with E-state index in [9.17, 15) is 18.0 Å². The van der Waals surface area contributed by atoms with Crippen LogP contribution in [0.5, 0.6) is 0 Å². The molecule has 0 rings (SSSR count). The van der Waals surface area contributed by atoms with Crippen molar-refractivity contribution < 1.29 is 37.0 Å². The third kappa shape index (κ3) is 5.96. The highest BCUT2D eigenvalue weighted by Crippen LogP contribution is 2.07. The fourth-order valence-electron chi connectivity index (χ4n) is 0.708. The second-order valence-corrected chi connectivity index (χ2v) is 3.57. The normalized spacial score (nSPS) is 15.6. The summed E-state index contributed by atoms with van der Waals surface area (Å²) >= 11 is 0. The lowest BCUT2D eigenvalue weighted by molar-refractivity contribution is -0.143. The molecule has 5 N–H and O–H groups in total. The molecule has 0 saturated heterocycles. The summed E-state index contributed by atoms with van der Waals surface area (Å²) in [5, 5.41) is 16.7. The predicted octanol–water partition coefficient (Wildman–Crippen LogP) is -1.94. The highest BCUT2D eigenvalue weighted by molar-refractivity contribution is 7.80. The molecule has 0 radical (unpaired) electrons. The van der Waals surface area contributed by atoms with Crippen LogP contribution < -0.4 is 5.73 Å². The molecule has 0 spiro atoms. The number of carbonyl (C=O) groups is 2. The predicted molar refractivity (Wildman–Crippen MR) is 44.3 cm³/mol. The summed E-state index contributed by atoms with van der Waals surface area (Å²) in [6.07, 6.45) is -2.83. The van der Waals surface area contributed by atoms with Gasteiger partial charge in [-0.15, -0.1) is 0 Å². The number of aliphatic carboxylic acids is 2. The van der Waals surface area contributed by atoms with Gasteiger partial charge in [-0.05, 0) is 0 Å². The molecule has 88 valence electrons. The summed E-state index contributed by atoms with van der Waals surface area (Å²) in [5.74, 6) is -3.16. The molecule has 9 nitrogen and oxygen atoms in total. The zero-order valence-electron chi connectivity index (χ0n) is 7.23.